The monoisotopic (exact) mass is 378 g/mol. The third-order valence-electron chi connectivity index (χ3n) is 7.36. The van der Waals surface area contributed by atoms with Gasteiger partial charge in [-0.3, -0.25) is 4.79 Å². The van der Waals surface area contributed by atoms with Gasteiger partial charge >= 0.3 is 0 Å². The molecule has 0 aromatic rings. The Morgan fingerprint density at radius 2 is 1.56 bits per heavy atom. The van der Waals surface area contributed by atoms with Crippen LogP contribution < -0.4 is 0 Å². The van der Waals surface area contributed by atoms with Crippen LogP contribution in [0.2, 0.25) is 0 Å². The van der Waals surface area contributed by atoms with Gasteiger partial charge in [-0.25, -0.2) is 0 Å². The van der Waals surface area contributed by atoms with Crippen LogP contribution in [0.4, 0.5) is 0 Å². The van der Waals surface area contributed by atoms with Gasteiger partial charge in [0.25, 0.3) is 0 Å². The molecule has 2 nitrogen and oxygen atoms in total. The van der Waals surface area contributed by atoms with Crippen LogP contribution in [0.3, 0.4) is 0 Å². The number of hydrogen-bond donors (Lipinski definition) is 0. The number of carbonyl (C=O) groups is 1. The average molecular weight is 379 g/mol. The molecule has 0 radical (unpaired) electrons. The lowest BCUT2D eigenvalue weighted by Crippen LogP contribution is -2.50. The maximum atomic E-state index is 13.7. The second-order valence-electron chi connectivity index (χ2n) is 9.21. The predicted molar refractivity (Wildman–Crippen MR) is 115 cm³/mol. The first-order chi connectivity index (χ1) is 13.3. The predicted octanol–water partition coefficient (Wildman–Crippen LogP) is 7.63. The van der Waals surface area contributed by atoms with Crippen LogP contribution in [0.15, 0.2) is 0 Å². The SMILES string of the molecule is CCCCCCC(OCC)C1(C2CCCCCCC2)CCCCCCC1=O. The van der Waals surface area contributed by atoms with Crippen LogP contribution in [0.5, 0.6) is 0 Å². The van der Waals surface area contributed by atoms with Crippen LogP contribution in [-0.2, 0) is 9.53 Å². The molecule has 2 rings (SSSR count). The Morgan fingerprint density at radius 3 is 2.26 bits per heavy atom. The lowest BCUT2D eigenvalue weighted by Gasteiger charge is -2.47. The smallest absolute Gasteiger partial charge is 0.141 e. The number of ether oxygens (including phenoxy) is 1. The molecule has 0 spiro atoms. The van der Waals surface area contributed by atoms with Gasteiger partial charge in [-0.1, -0.05) is 84.0 Å². The highest BCUT2D eigenvalue weighted by atomic mass is 16.5. The summed E-state index contributed by atoms with van der Waals surface area (Å²) < 4.78 is 6.44. The molecule has 2 aliphatic rings. The van der Waals surface area contributed by atoms with Crippen molar-refractivity contribution in [3.63, 3.8) is 0 Å². The van der Waals surface area contributed by atoms with Gasteiger partial charge in [0, 0.05) is 13.0 Å². The minimum atomic E-state index is -0.181. The highest BCUT2D eigenvalue weighted by Crippen LogP contribution is 2.49. The number of hydrogen-bond acceptors (Lipinski definition) is 2. The highest BCUT2D eigenvalue weighted by Gasteiger charge is 2.50. The van der Waals surface area contributed by atoms with E-state index in [9.17, 15) is 4.79 Å². The number of carbonyl (C=O) groups excluding carboxylic acids is 1. The molecule has 0 aliphatic heterocycles. The molecular weight excluding hydrogens is 332 g/mol. The summed E-state index contributed by atoms with van der Waals surface area (Å²) >= 11 is 0. The maximum absolute atomic E-state index is 13.7. The molecule has 27 heavy (non-hydrogen) atoms. The topological polar surface area (TPSA) is 26.3 Å². The van der Waals surface area contributed by atoms with E-state index in [1.165, 1.54) is 89.9 Å². The Morgan fingerprint density at radius 1 is 0.889 bits per heavy atom. The van der Waals surface area contributed by atoms with Gasteiger partial charge in [-0.2, -0.15) is 0 Å². The third-order valence-corrected chi connectivity index (χ3v) is 7.36. The number of ketones is 1. The zero-order chi connectivity index (χ0) is 19.4. The van der Waals surface area contributed by atoms with Crippen LogP contribution in [0.25, 0.3) is 0 Å². The number of Topliss-reactive ketones (excluding diaryl/α,β-unsaturated/α-hetero) is 1. The van der Waals surface area contributed by atoms with E-state index in [2.05, 4.69) is 13.8 Å². The second-order valence-corrected chi connectivity index (χ2v) is 9.21. The Bertz CT molecular complexity index is 397. The van der Waals surface area contributed by atoms with Crippen molar-refractivity contribution in [1.82, 2.24) is 0 Å². The summed E-state index contributed by atoms with van der Waals surface area (Å²) in [5.74, 6) is 1.13. The minimum absolute atomic E-state index is 0.161. The summed E-state index contributed by atoms with van der Waals surface area (Å²) in [6.45, 7) is 5.15. The molecule has 0 heterocycles. The normalized spacial score (nSPS) is 27.4. The molecule has 2 atom stereocenters. The quantitative estimate of drug-likeness (QED) is 0.385. The fraction of sp³-hybridized carbons (Fsp3) is 0.960. The standard InChI is InChI=1S/C25H46O2/c1-3-5-6-15-20-24(27-4-2)25(21-16-11-10-14-19-23(25)26)22-17-12-8-7-9-13-18-22/h22,24H,3-21H2,1-2H3. The first-order valence-electron chi connectivity index (χ1n) is 12.4. The van der Waals surface area contributed by atoms with Gasteiger partial charge in [0.15, 0.2) is 0 Å². The molecule has 2 saturated carbocycles. The molecule has 0 aromatic heterocycles. The molecule has 0 amide bonds. The molecule has 0 aromatic carbocycles. The zero-order valence-electron chi connectivity index (χ0n) is 18.4. The van der Waals surface area contributed by atoms with Crippen molar-refractivity contribution in [1.29, 1.82) is 0 Å². The van der Waals surface area contributed by atoms with Crippen molar-refractivity contribution in [3.05, 3.63) is 0 Å². The summed E-state index contributed by atoms with van der Waals surface area (Å²) in [6, 6.07) is 0. The Kier molecular flexibility index (Phi) is 11.0. The Balaban J connectivity index is 2.26. The van der Waals surface area contributed by atoms with Gasteiger partial charge in [0.05, 0.1) is 11.5 Å². The fourth-order valence-electron chi connectivity index (χ4n) is 5.88. The molecule has 0 saturated heterocycles. The molecule has 2 aliphatic carbocycles. The summed E-state index contributed by atoms with van der Waals surface area (Å²) in [6.07, 6.45) is 22.3. The molecule has 2 heteroatoms. The minimum Gasteiger partial charge on any atom is -0.377 e. The van der Waals surface area contributed by atoms with Crippen molar-refractivity contribution >= 4 is 5.78 Å². The van der Waals surface area contributed by atoms with Crippen molar-refractivity contribution < 1.29 is 9.53 Å². The first kappa shape index (κ1) is 22.9. The lowest BCUT2D eigenvalue weighted by molar-refractivity contribution is -0.151. The van der Waals surface area contributed by atoms with Crippen LogP contribution in [0, 0.1) is 11.3 Å². The van der Waals surface area contributed by atoms with Crippen LogP contribution in [0.1, 0.15) is 129 Å². The van der Waals surface area contributed by atoms with E-state index in [1.54, 1.807) is 0 Å². The number of unbranched alkanes of at least 4 members (excludes halogenated alkanes) is 3. The van der Waals surface area contributed by atoms with E-state index in [4.69, 9.17) is 4.74 Å². The second kappa shape index (κ2) is 13.0. The van der Waals surface area contributed by atoms with E-state index >= 15 is 0 Å². The van der Waals surface area contributed by atoms with Gasteiger partial charge in [-0.15, -0.1) is 0 Å². The molecular formula is C25H46O2. The largest absolute Gasteiger partial charge is 0.377 e. The summed E-state index contributed by atoms with van der Waals surface area (Å²) in [4.78, 5) is 13.7. The van der Waals surface area contributed by atoms with Crippen LogP contribution >= 0.6 is 0 Å². The van der Waals surface area contributed by atoms with Gasteiger partial charge < -0.3 is 4.74 Å². The maximum Gasteiger partial charge on any atom is 0.141 e. The molecule has 158 valence electrons. The molecule has 0 bridgehead atoms. The van der Waals surface area contributed by atoms with E-state index in [0.29, 0.717) is 11.7 Å². The van der Waals surface area contributed by atoms with Gasteiger partial charge in [0.2, 0.25) is 0 Å². The van der Waals surface area contributed by atoms with Crippen molar-refractivity contribution in [3.8, 4) is 0 Å². The lowest BCUT2D eigenvalue weighted by atomic mass is 9.59. The molecule has 2 fully saturated rings. The average Bonchev–Trinajstić information content (AvgIpc) is 2.63. The summed E-state index contributed by atoms with van der Waals surface area (Å²) in [5, 5.41) is 0. The summed E-state index contributed by atoms with van der Waals surface area (Å²) in [5.41, 5.74) is -0.181. The van der Waals surface area contributed by atoms with Crippen molar-refractivity contribution in [2.45, 2.75) is 136 Å². The van der Waals surface area contributed by atoms with E-state index in [0.717, 1.165) is 32.3 Å². The summed E-state index contributed by atoms with van der Waals surface area (Å²) in [7, 11) is 0. The van der Waals surface area contributed by atoms with E-state index in [-0.39, 0.29) is 11.5 Å². The first-order valence-corrected chi connectivity index (χ1v) is 12.4. The van der Waals surface area contributed by atoms with E-state index in [1.807, 2.05) is 0 Å². The molecule has 0 N–H and O–H groups in total. The molecule has 2 unspecified atom stereocenters. The Hall–Kier alpha value is -0.370. The third kappa shape index (κ3) is 6.58. The van der Waals surface area contributed by atoms with Gasteiger partial charge in [0.1, 0.15) is 5.78 Å². The van der Waals surface area contributed by atoms with Crippen LogP contribution in [-0.4, -0.2) is 18.5 Å². The van der Waals surface area contributed by atoms with Gasteiger partial charge in [-0.05, 0) is 44.9 Å². The number of rotatable bonds is 9. The highest BCUT2D eigenvalue weighted by molar-refractivity contribution is 5.86. The Labute approximate surface area is 169 Å². The van der Waals surface area contributed by atoms with Crippen molar-refractivity contribution in [2.75, 3.05) is 6.61 Å². The zero-order valence-corrected chi connectivity index (χ0v) is 18.4. The fourth-order valence-corrected chi connectivity index (χ4v) is 5.88. The van der Waals surface area contributed by atoms with Crippen molar-refractivity contribution in [2.24, 2.45) is 11.3 Å². The van der Waals surface area contributed by atoms with E-state index < -0.39 is 0 Å².